The van der Waals surface area contributed by atoms with Crippen molar-refractivity contribution in [3.63, 3.8) is 0 Å². The maximum atomic E-state index is 12.4. The number of rotatable bonds is 4. The minimum atomic E-state index is -0.0524. The van der Waals surface area contributed by atoms with Crippen LogP contribution in [-0.4, -0.2) is 33.4 Å². The van der Waals surface area contributed by atoms with Gasteiger partial charge < -0.3 is 15.6 Å². The van der Waals surface area contributed by atoms with Gasteiger partial charge in [-0.3, -0.25) is 15.2 Å². The largest absolute Gasteiger partial charge is 0.341 e. The Balaban J connectivity index is 1.31. The third kappa shape index (κ3) is 4.39. The van der Waals surface area contributed by atoms with Crippen molar-refractivity contribution in [3.05, 3.63) is 54.1 Å². The van der Waals surface area contributed by atoms with Gasteiger partial charge in [-0.1, -0.05) is 32.9 Å². The first-order valence-corrected chi connectivity index (χ1v) is 11.3. The van der Waals surface area contributed by atoms with Crippen molar-refractivity contribution < 1.29 is 4.79 Å². The lowest BCUT2D eigenvalue weighted by atomic mass is 9.82. The van der Waals surface area contributed by atoms with Crippen LogP contribution in [0.25, 0.3) is 11.0 Å². The monoisotopic (exact) mass is 433 g/mol. The summed E-state index contributed by atoms with van der Waals surface area (Å²) >= 11 is 0. The molecule has 1 aromatic carbocycles. The van der Waals surface area contributed by atoms with E-state index < -0.39 is 0 Å². The molecule has 2 saturated heterocycles. The number of carbonyl (C=O) groups excluding carboxylic acids is 1. The van der Waals surface area contributed by atoms with Gasteiger partial charge in [-0.05, 0) is 35.6 Å². The Morgan fingerprint density at radius 3 is 2.84 bits per heavy atom. The van der Waals surface area contributed by atoms with Gasteiger partial charge in [-0.25, -0.2) is 10.4 Å². The zero-order chi connectivity index (χ0) is 22.3. The van der Waals surface area contributed by atoms with Gasteiger partial charge in [0, 0.05) is 37.2 Å². The van der Waals surface area contributed by atoms with Gasteiger partial charge in [0.2, 0.25) is 5.91 Å². The first kappa shape index (κ1) is 21.1. The highest BCUT2D eigenvalue weighted by atomic mass is 16.1. The van der Waals surface area contributed by atoms with Crippen LogP contribution in [0.2, 0.25) is 0 Å². The molecule has 0 spiro atoms. The lowest BCUT2D eigenvalue weighted by Crippen LogP contribution is -2.46. The summed E-state index contributed by atoms with van der Waals surface area (Å²) in [4.78, 5) is 25.1. The first-order valence-electron chi connectivity index (χ1n) is 11.3. The van der Waals surface area contributed by atoms with E-state index in [2.05, 4.69) is 58.3 Å². The Morgan fingerprint density at radius 1 is 1.19 bits per heavy atom. The Bertz CT molecular complexity index is 1090. The average molecular weight is 434 g/mol. The molecule has 8 nitrogen and oxygen atoms in total. The van der Waals surface area contributed by atoms with E-state index >= 15 is 0 Å². The van der Waals surface area contributed by atoms with Crippen LogP contribution in [0.3, 0.4) is 0 Å². The van der Waals surface area contributed by atoms with Gasteiger partial charge in [0.1, 0.15) is 5.82 Å². The molecule has 1 amide bonds. The fraction of sp³-hybridized carbons (Fsp3) is 0.458. The molecule has 4 unspecified atom stereocenters. The molecule has 0 bridgehead atoms. The molecular formula is C24H31N7O. The normalized spacial score (nSPS) is 25.6. The highest BCUT2D eigenvalue weighted by Crippen LogP contribution is 2.38. The Kier molecular flexibility index (Phi) is 5.44. The van der Waals surface area contributed by atoms with Gasteiger partial charge in [0.05, 0.1) is 29.0 Å². The van der Waals surface area contributed by atoms with E-state index in [1.165, 1.54) is 0 Å². The Labute approximate surface area is 188 Å². The number of carbonyl (C=O) groups is 1. The number of H-pyrrole nitrogens is 1. The second-order valence-electron chi connectivity index (χ2n) is 10.2. The number of nitrogens with one attached hydrogen (secondary N) is 5. The highest BCUT2D eigenvalue weighted by Gasteiger charge is 2.42. The number of aromatic nitrogens is 3. The number of pyridine rings is 1. The maximum absolute atomic E-state index is 12.4. The average Bonchev–Trinajstić information content (AvgIpc) is 3.35. The highest BCUT2D eigenvalue weighted by molar-refractivity contribution is 5.91. The molecule has 2 aliphatic heterocycles. The van der Waals surface area contributed by atoms with Gasteiger partial charge in [-0.2, -0.15) is 0 Å². The number of anilines is 1. The summed E-state index contributed by atoms with van der Waals surface area (Å²) in [6.45, 7) is 7.03. The number of piperidine rings is 1. The molecule has 0 radical (unpaired) electrons. The van der Waals surface area contributed by atoms with Gasteiger partial charge in [0.15, 0.2) is 0 Å². The van der Waals surface area contributed by atoms with Crippen LogP contribution in [0.1, 0.15) is 57.1 Å². The molecule has 5 rings (SSSR count). The van der Waals surface area contributed by atoms with Gasteiger partial charge in [0.25, 0.3) is 0 Å². The zero-order valence-corrected chi connectivity index (χ0v) is 18.8. The van der Waals surface area contributed by atoms with Crippen molar-refractivity contribution in [2.24, 2.45) is 11.3 Å². The summed E-state index contributed by atoms with van der Waals surface area (Å²) < 4.78 is 0. The van der Waals surface area contributed by atoms with Gasteiger partial charge in [-0.15, -0.1) is 0 Å². The smallest absolute Gasteiger partial charge is 0.224 e. The first-order chi connectivity index (χ1) is 15.4. The number of hydrogen-bond donors (Lipinski definition) is 5. The number of benzene rings is 1. The number of nitrogens with zero attached hydrogens (tertiary/aromatic N) is 2. The number of amides is 1. The molecular weight excluding hydrogens is 402 g/mol. The predicted molar refractivity (Wildman–Crippen MR) is 125 cm³/mol. The summed E-state index contributed by atoms with van der Waals surface area (Å²) in [5, 5.41) is 6.64. The number of fused-ring (bicyclic) bond motifs is 2. The molecule has 4 heterocycles. The Morgan fingerprint density at radius 2 is 2.03 bits per heavy atom. The summed E-state index contributed by atoms with van der Waals surface area (Å²) in [5.41, 5.74) is 10.7. The molecule has 32 heavy (non-hydrogen) atoms. The van der Waals surface area contributed by atoms with Crippen LogP contribution >= 0.6 is 0 Å². The minimum absolute atomic E-state index is 0.0160. The van der Waals surface area contributed by atoms with Crippen LogP contribution in [0.4, 0.5) is 5.69 Å². The van der Waals surface area contributed by atoms with Crippen LogP contribution in [-0.2, 0) is 4.79 Å². The predicted octanol–water partition coefficient (Wildman–Crippen LogP) is 3.20. The van der Waals surface area contributed by atoms with E-state index in [-0.39, 0.29) is 23.4 Å². The molecule has 0 saturated carbocycles. The lowest BCUT2D eigenvalue weighted by molar-refractivity contribution is -0.117. The number of aromatic amines is 1. The molecule has 3 aromatic rings. The molecule has 8 heteroatoms. The second-order valence-corrected chi connectivity index (χ2v) is 10.2. The number of hydrazine groups is 1. The molecule has 4 atom stereocenters. The summed E-state index contributed by atoms with van der Waals surface area (Å²) in [6.07, 6.45) is 5.02. The number of imidazole rings is 1. The standard InChI is InChI=1S/C24H31N7O/c1-24(2,3)10-21(32)27-15-8-14(11-25-12-15)19-9-16-20(13-26-19)30-31-22(16)23-28-17-6-4-5-7-18(17)29-23/h4-8,11-12,16,19-20,22,26,30-31H,9-10,13H2,1-3H3,(H,27,32)(H,28,29). The molecule has 2 aliphatic rings. The van der Waals surface area contributed by atoms with E-state index in [0.29, 0.717) is 18.4 Å². The Hall–Kier alpha value is -2.81. The van der Waals surface area contributed by atoms with E-state index in [1.807, 2.05) is 30.5 Å². The molecule has 0 aliphatic carbocycles. The molecule has 2 aromatic heterocycles. The second kappa shape index (κ2) is 8.27. The van der Waals surface area contributed by atoms with Crippen molar-refractivity contribution in [2.75, 3.05) is 11.9 Å². The topological polar surface area (TPSA) is 107 Å². The number of hydrogen-bond acceptors (Lipinski definition) is 6. The fourth-order valence-electron chi connectivity index (χ4n) is 4.82. The fourth-order valence-corrected chi connectivity index (χ4v) is 4.82. The van der Waals surface area contributed by atoms with Crippen molar-refractivity contribution in [3.8, 4) is 0 Å². The summed E-state index contributed by atoms with van der Waals surface area (Å²) in [6, 6.07) is 10.8. The van der Waals surface area contributed by atoms with E-state index in [1.54, 1.807) is 6.20 Å². The lowest BCUT2D eigenvalue weighted by Gasteiger charge is -2.34. The SMILES string of the molecule is CC(C)(C)CC(=O)Nc1cncc(C2CC3C(CN2)NNC3c2nc3ccccc3[nH]2)c1. The van der Waals surface area contributed by atoms with Crippen molar-refractivity contribution in [1.82, 2.24) is 31.1 Å². The van der Waals surface area contributed by atoms with Crippen molar-refractivity contribution >= 4 is 22.6 Å². The van der Waals surface area contributed by atoms with E-state index in [0.717, 1.165) is 41.1 Å². The third-order valence-corrected chi connectivity index (χ3v) is 6.30. The maximum Gasteiger partial charge on any atom is 0.224 e. The third-order valence-electron chi connectivity index (χ3n) is 6.30. The van der Waals surface area contributed by atoms with Crippen LogP contribution in [0.15, 0.2) is 42.7 Å². The molecule has 2 fully saturated rings. The van der Waals surface area contributed by atoms with Gasteiger partial charge >= 0.3 is 0 Å². The molecule has 168 valence electrons. The quantitative estimate of drug-likeness (QED) is 0.433. The van der Waals surface area contributed by atoms with Crippen molar-refractivity contribution in [2.45, 2.75) is 51.7 Å². The van der Waals surface area contributed by atoms with Crippen molar-refractivity contribution in [1.29, 1.82) is 0 Å². The van der Waals surface area contributed by atoms with Crippen LogP contribution < -0.4 is 21.5 Å². The summed E-state index contributed by atoms with van der Waals surface area (Å²) in [7, 11) is 0. The minimum Gasteiger partial charge on any atom is -0.341 e. The van der Waals surface area contributed by atoms with Crippen LogP contribution in [0.5, 0.6) is 0 Å². The summed E-state index contributed by atoms with van der Waals surface area (Å²) in [5.74, 6) is 1.36. The zero-order valence-electron chi connectivity index (χ0n) is 18.8. The van der Waals surface area contributed by atoms with E-state index in [9.17, 15) is 4.79 Å². The number of para-hydroxylation sites is 2. The van der Waals surface area contributed by atoms with Crippen LogP contribution in [0, 0.1) is 11.3 Å². The van der Waals surface area contributed by atoms with E-state index in [4.69, 9.17) is 4.98 Å². The molecule has 5 N–H and O–H groups in total.